The van der Waals surface area contributed by atoms with E-state index in [1.54, 1.807) is 16.9 Å². The largest absolute Gasteiger partial charge is 0.286 e. The van der Waals surface area contributed by atoms with Gasteiger partial charge in [-0.2, -0.15) is 5.10 Å². The molecule has 1 aromatic carbocycles. The second-order valence-corrected chi connectivity index (χ2v) is 4.36. The number of carbonyl (C=O) groups excluding carboxylic acids is 1. The average molecular weight is 256 g/mol. The maximum absolute atomic E-state index is 12.2. The Kier molecular flexibility index (Phi) is 2.70. The van der Waals surface area contributed by atoms with Crippen molar-refractivity contribution in [1.29, 1.82) is 0 Å². The fourth-order valence-electron chi connectivity index (χ4n) is 1.64. The lowest BCUT2D eigenvalue weighted by Gasteiger charge is -2.04. The molecule has 0 aliphatic rings. The van der Waals surface area contributed by atoms with Crippen molar-refractivity contribution < 1.29 is 4.79 Å². The Hall–Kier alpha value is -2.34. The second-order valence-electron chi connectivity index (χ2n) is 3.57. The molecular weight excluding hydrogens is 248 g/mol. The van der Waals surface area contributed by atoms with Gasteiger partial charge in [0.05, 0.1) is 18.1 Å². The van der Waals surface area contributed by atoms with E-state index in [-0.39, 0.29) is 5.78 Å². The van der Waals surface area contributed by atoms with Crippen LogP contribution in [-0.2, 0) is 0 Å². The third-order valence-electron chi connectivity index (χ3n) is 2.46. The van der Waals surface area contributed by atoms with Gasteiger partial charge in [-0.3, -0.25) is 4.79 Å². The van der Waals surface area contributed by atoms with E-state index in [1.165, 1.54) is 6.20 Å². The molecule has 3 aromatic rings. The highest BCUT2D eigenvalue weighted by atomic mass is 32.1. The van der Waals surface area contributed by atoms with Crippen LogP contribution in [0.1, 0.15) is 15.4 Å². The molecule has 3 rings (SSSR count). The maximum atomic E-state index is 12.2. The summed E-state index contributed by atoms with van der Waals surface area (Å²) >= 11 is 1.08. The van der Waals surface area contributed by atoms with E-state index in [1.807, 2.05) is 30.3 Å². The quantitative estimate of drug-likeness (QED) is 0.672. The van der Waals surface area contributed by atoms with Crippen LogP contribution in [0.5, 0.6) is 0 Å². The van der Waals surface area contributed by atoms with Crippen molar-refractivity contribution in [3.05, 3.63) is 59.4 Å². The fraction of sp³-hybridized carbons (Fsp3) is 0. The average Bonchev–Trinajstić information content (AvgIpc) is 3.10. The molecular formula is C12H8N4OS. The van der Waals surface area contributed by atoms with Crippen LogP contribution in [0.15, 0.2) is 48.8 Å². The molecule has 88 valence electrons. The topological polar surface area (TPSA) is 60.7 Å². The summed E-state index contributed by atoms with van der Waals surface area (Å²) < 4.78 is 5.31. The van der Waals surface area contributed by atoms with Gasteiger partial charge in [0.2, 0.25) is 5.78 Å². The van der Waals surface area contributed by atoms with Crippen LogP contribution in [0.3, 0.4) is 0 Å². The van der Waals surface area contributed by atoms with Gasteiger partial charge in [-0.1, -0.05) is 22.7 Å². The first-order valence-electron chi connectivity index (χ1n) is 5.28. The van der Waals surface area contributed by atoms with Gasteiger partial charge in [-0.05, 0) is 29.7 Å². The fourth-order valence-corrected chi connectivity index (χ4v) is 2.11. The van der Waals surface area contributed by atoms with E-state index in [2.05, 4.69) is 14.7 Å². The van der Waals surface area contributed by atoms with Crippen molar-refractivity contribution in [1.82, 2.24) is 19.4 Å². The summed E-state index contributed by atoms with van der Waals surface area (Å²) in [6, 6.07) is 11.2. The summed E-state index contributed by atoms with van der Waals surface area (Å²) in [5, 5.41) is 7.85. The van der Waals surface area contributed by atoms with E-state index < -0.39 is 0 Å². The highest BCUT2D eigenvalue weighted by molar-refractivity contribution is 7.08. The van der Waals surface area contributed by atoms with Gasteiger partial charge in [0.15, 0.2) is 0 Å². The van der Waals surface area contributed by atoms with Gasteiger partial charge in [0, 0.05) is 0 Å². The van der Waals surface area contributed by atoms with Crippen LogP contribution in [0.2, 0.25) is 0 Å². The van der Waals surface area contributed by atoms with Crippen molar-refractivity contribution in [2.24, 2.45) is 0 Å². The van der Waals surface area contributed by atoms with Gasteiger partial charge in [-0.25, -0.2) is 4.68 Å². The minimum absolute atomic E-state index is 0.119. The SMILES string of the molecule is O=C(c1cnns1)c1ccnn1-c1ccccc1. The third-order valence-corrected chi connectivity index (χ3v) is 3.12. The lowest BCUT2D eigenvalue weighted by atomic mass is 10.2. The Morgan fingerprint density at radius 3 is 2.72 bits per heavy atom. The molecule has 0 saturated carbocycles. The molecule has 0 aliphatic carbocycles. The van der Waals surface area contributed by atoms with Crippen molar-refractivity contribution in [2.45, 2.75) is 0 Å². The Bertz CT molecular complexity index is 660. The molecule has 0 radical (unpaired) electrons. The summed E-state index contributed by atoms with van der Waals surface area (Å²) in [5.41, 5.74) is 1.36. The second kappa shape index (κ2) is 4.50. The van der Waals surface area contributed by atoms with Gasteiger partial charge in [-0.15, -0.1) is 5.10 Å². The first-order valence-corrected chi connectivity index (χ1v) is 6.05. The van der Waals surface area contributed by atoms with Gasteiger partial charge >= 0.3 is 0 Å². The molecule has 0 aliphatic heterocycles. The van der Waals surface area contributed by atoms with Gasteiger partial charge in [0.1, 0.15) is 10.6 Å². The first-order chi connectivity index (χ1) is 8.86. The molecule has 0 bridgehead atoms. The van der Waals surface area contributed by atoms with Crippen LogP contribution in [0.4, 0.5) is 0 Å². The van der Waals surface area contributed by atoms with Crippen LogP contribution in [0, 0.1) is 0 Å². The Labute approximate surface area is 107 Å². The lowest BCUT2D eigenvalue weighted by molar-refractivity contribution is 0.103. The summed E-state index contributed by atoms with van der Waals surface area (Å²) in [5.74, 6) is -0.119. The number of rotatable bonds is 3. The van der Waals surface area contributed by atoms with E-state index in [9.17, 15) is 4.79 Å². The number of nitrogens with zero attached hydrogens (tertiary/aromatic N) is 4. The number of aromatic nitrogens is 4. The molecule has 0 atom stereocenters. The molecule has 0 N–H and O–H groups in total. The summed E-state index contributed by atoms with van der Waals surface area (Å²) in [4.78, 5) is 12.7. The molecule has 6 heteroatoms. The minimum Gasteiger partial charge on any atom is -0.286 e. The molecule has 18 heavy (non-hydrogen) atoms. The van der Waals surface area contributed by atoms with E-state index in [0.717, 1.165) is 17.2 Å². The van der Waals surface area contributed by atoms with Crippen molar-refractivity contribution in [3.8, 4) is 5.69 Å². The molecule has 0 unspecified atom stereocenters. The molecule has 2 aromatic heterocycles. The highest BCUT2D eigenvalue weighted by Gasteiger charge is 2.17. The maximum Gasteiger partial charge on any atom is 0.224 e. The molecule has 0 saturated heterocycles. The monoisotopic (exact) mass is 256 g/mol. The van der Waals surface area contributed by atoms with Gasteiger partial charge in [0.25, 0.3) is 0 Å². The van der Waals surface area contributed by atoms with Crippen LogP contribution in [0.25, 0.3) is 5.69 Å². The zero-order chi connectivity index (χ0) is 12.4. The predicted molar refractivity (Wildman–Crippen MR) is 66.9 cm³/mol. The Balaban J connectivity index is 2.05. The summed E-state index contributed by atoms with van der Waals surface area (Å²) in [6.07, 6.45) is 3.07. The molecule has 0 fully saturated rings. The zero-order valence-corrected chi connectivity index (χ0v) is 10.0. The van der Waals surface area contributed by atoms with Crippen LogP contribution >= 0.6 is 11.5 Å². The predicted octanol–water partition coefficient (Wildman–Crippen LogP) is 1.95. The Morgan fingerprint density at radius 1 is 1.17 bits per heavy atom. The highest BCUT2D eigenvalue weighted by Crippen LogP contribution is 2.15. The minimum atomic E-state index is -0.119. The van der Waals surface area contributed by atoms with E-state index in [4.69, 9.17) is 0 Å². The summed E-state index contributed by atoms with van der Waals surface area (Å²) in [7, 11) is 0. The molecule has 0 amide bonds. The number of carbonyl (C=O) groups is 1. The lowest BCUT2D eigenvalue weighted by Crippen LogP contribution is -2.08. The smallest absolute Gasteiger partial charge is 0.224 e. The number of para-hydroxylation sites is 1. The van der Waals surface area contributed by atoms with E-state index >= 15 is 0 Å². The van der Waals surface area contributed by atoms with E-state index in [0.29, 0.717) is 10.6 Å². The first kappa shape index (κ1) is 10.8. The number of hydrogen-bond donors (Lipinski definition) is 0. The third kappa shape index (κ3) is 1.82. The normalized spacial score (nSPS) is 10.4. The number of benzene rings is 1. The summed E-state index contributed by atoms with van der Waals surface area (Å²) in [6.45, 7) is 0. The standard InChI is InChI=1S/C12H8N4OS/c17-12(11-8-13-15-18-11)10-6-7-14-16(10)9-4-2-1-3-5-9/h1-8H. The number of ketones is 1. The molecule has 2 heterocycles. The molecule has 0 spiro atoms. The van der Waals surface area contributed by atoms with Crippen molar-refractivity contribution >= 4 is 17.3 Å². The van der Waals surface area contributed by atoms with Crippen molar-refractivity contribution in [2.75, 3.05) is 0 Å². The van der Waals surface area contributed by atoms with Gasteiger partial charge < -0.3 is 0 Å². The van der Waals surface area contributed by atoms with Crippen LogP contribution < -0.4 is 0 Å². The van der Waals surface area contributed by atoms with Crippen molar-refractivity contribution in [3.63, 3.8) is 0 Å². The van der Waals surface area contributed by atoms with Crippen LogP contribution in [-0.4, -0.2) is 25.2 Å². The number of hydrogen-bond acceptors (Lipinski definition) is 5. The Morgan fingerprint density at radius 2 is 2.00 bits per heavy atom. The molecule has 5 nitrogen and oxygen atoms in total. The zero-order valence-electron chi connectivity index (χ0n) is 9.22.